The first-order valence-electron chi connectivity index (χ1n) is 9.82. The van der Waals surface area contributed by atoms with Gasteiger partial charge in [-0.1, -0.05) is 33.1 Å². The van der Waals surface area contributed by atoms with Gasteiger partial charge in [-0.2, -0.15) is 0 Å². The van der Waals surface area contributed by atoms with Gasteiger partial charge in [-0.25, -0.2) is 8.42 Å². The van der Waals surface area contributed by atoms with E-state index in [9.17, 15) is 13.2 Å². The lowest BCUT2D eigenvalue weighted by Gasteiger charge is -2.30. The molecule has 0 spiro atoms. The number of amides is 1. The average Bonchev–Trinajstić information content (AvgIpc) is 2.61. The highest BCUT2D eigenvalue weighted by Crippen LogP contribution is 2.32. The topological polar surface area (TPSA) is 66.5 Å². The zero-order valence-electron chi connectivity index (χ0n) is 15.8. The lowest BCUT2D eigenvalue weighted by atomic mass is 9.99. The normalized spacial score (nSPS) is 18.9. The van der Waals surface area contributed by atoms with Crippen LogP contribution < -0.4 is 9.62 Å². The van der Waals surface area contributed by atoms with E-state index in [0.717, 1.165) is 56.3 Å². The Bertz CT molecular complexity index is 752. The van der Waals surface area contributed by atoms with Crippen molar-refractivity contribution in [1.82, 2.24) is 0 Å². The van der Waals surface area contributed by atoms with Crippen LogP contribution in [0.3, 0.4) is 0 Å². The highest BCUT2D eigenvalue weighted by molar-refractivity contribution is 7.93. The van der Waals surface area contributed by atoms with Crippen LogP contribution in [-0.2, 0) is 21.2 Å². The quantitative estimate of drug-likeness (QED) is 0.811. The van der Waals surface area contributed by atoms with E-state index in [-0.39, 0.29) is 11.2 Å². The Morgan fingerprint density at radius 3 is 2.58 bits per heavy atom. The number of hydrogen-bond donors (Lipinski definition) is 1. The summed E-state index contributed by atoms with van der Waals surface area (Å²) < 4.78 is 28.1. The summed E-state index contributed by atoms with van der Waals surface area (Å²) in [5.41, 5.74) is 2.60. The molecule has 1 amide bonds. The first-order valence-corrected chi connectivity index (χ1v) is 11.4. The van der Waals surface area contributed by atoms with E-state index >= 15 is 0 Å². The predicted octanol–water partition coefficient (Wildman–Crippen LogP) is 4.09. The van der Waals surface area contributed by atoms with E-state index in [4.69, 9.17) is 0 Å². The number of hydrogen-bond acceptors (Lipinski definition) is 3. The largest absolute Gasteiger partial charge is 0.312 e. The fraction of sp³-hybridized carbons (Fsp3) is 0.650. The van der Waals surface area contributed by atoms with Crippen molar-refractivity contribution in [1.29, 1.82) is 0 Å². The van der Waals surface area contributed by atoms with Crippen LogP contribution in [0.5, 0.6) is 0 Å². The molecule has 0 saturated heterocycles. The summed E-state index contributed by atoms with van der Waals surface area (Å²) in [6.45, 7) is 5.02. The second kappa shape index (κ2) is 7.99. The van der Waals surface area contributed by atoms with E-state index < -0.39 is 10.0 Å². The van der Waals surface area contributed by atoms with Gasteiger partial charge in [0, 0.05) is 24.3 Å². The third kappa shape index (κ3) is 4.40. The van der Waals surface area contributed by atoms with Gasteiger partial charge in [0.1, 0.15) is 0 Å². The molecule has 1 fully saturated rings. The summed E-state index contributed by atoms with van der Waals surface area (Å²) in [4.78, 5) is 14.2. The van der Waals surface area contributed by atoms with Crippen molar-refractivity contribution in [2.45, 2.75) is 70.5 Å². The van der Waals surface area contributed by atoms with Gasteiger partial charge in [0.15, 0.2) is 0 Å². The Balaban J connectivity index is 1.77. The number of rotatable bonds is 6. The van der Waals surface area contributed by atoms with Crippen LogP contribution in [0.2, 0.25) is 0 Å². The van der Waals surface area contributed by atoms with Gasteiger partial charge in [0.05, 0.1) is 5.25 Å². The third-order valence-electron chi connectivity index (χ3n) is 5.46. The third-order valence-corrected chi connectivity index (χ3v) is 7.33. The molecule has 1 aliphatic heterocycles. The van der Waals surface area contributed by atoms with Gasteiger partial charge < -0.3 is 4.90 Å². The highest BCUT2D eigenvalue weighted by Gasteiger charge is 2.28. The van der Waals surface area contributed by atoms with Crippen LogP contribution in [0.25, 0.3) is 0 Å². The number of carbonyl (C=O) groups is 1. The highest BCUT2D eigenvalue weighted by atomic mass is 32.2. The summed E-state index contributed by atoms with van der Waals surface area (Å²) in [5, 5.41) is -0.281. The zero-order chi connectivity index (χ0) is 18.7. The molecular formula is C20H30N2O3S. The molecule has 5 nitrogen and oxygen atoms in total. The smallest absolute Gasteiger partial charge is 0.235 e. The maximum Gasteiger partial charge on any atom is 0.235 e. The molecule has 144 valence electrons. The Kier molecular flexibility index (Phi) is 5.90. The number of nitrogens with one attached hydrogen (secondary N) is 1. The molecule has 0 bridgehead atoms. The Labute approximate surface area is 157 Å². The second-order valence-electron chi connectivity index (χ2n) is 7.98. The number of benzene rings is 1. The molecule has 1 saturated carbocycles. The Morgan fingerprint density at radius 2 is 1.88 bits per heavy atom. The minimum Gasteiger partial charge on any atom is -0.312 e. The van der Waals surface area contributed by atoms with E-state index in [0.29, 0.717) is 24.4 Å². The molecule has 1 aliphatic carbocycles. The monoisotopic (exact) mass is 378 g/mol. The van der Waals surface area contributed by atoms with Crippen molar-refractivity contribution in [2.24, 2.45) is 5.92 Å². The van der Waals surface area contributed by atoms with Gasteiger partial charge >= 0.3 is 0 Å². The van der Waals surface area contributed by atoms with Crippen molar-refractivity contribution in [3.05, 3.63) is 23.8 Å². The molecule has 3 rings (SSSR count). The maximum absolute atomic E-state index is 12.6. The van der Waals surface area contributed by atoms with Gasteiger partial charge in [-0.3, -0.25) is 9.52 Å². The van der Waals surface area contributed by atoms with Gasteiger partial charge in [-0.15, -0.1) is 0 Å². The zero-order valence-corrected chi connectivity index (χ0v) is 16.6. The summed E-state index contributed by atoms with van der Waals surface area (Å²) in [6, 6.07) is 5.59. The number of nitrogens with zero attached hydrogens (tertiary/aromatic N) is 1. The summed E-state index contributed by atoms with van der Waals surface area (Å²) in [7, 11) is -3.34. The second-order valence-corrected chi connectivity index (χ2v) is 9.94. The summed E-state index contributed by atoms with van der Waals surface area (Å²) >= 11 is 0. The summed E-state index contributed by atoms with van der Waals surface area (Å²) in [5.74, 6) is 0.698. The van der Waals surface area contributed by atoms with Crippen LogP contribution in [0.4, 0.5) is 11.4 Å². The molecular weight excluding hydrogens is 348 g/mol. The fourth-order valence-corrected chi connectivity index (χ4v) is 5.46. The molecule has 6 heteroatoms. The van der Waals surface area contributed by atoms with Gasteiger partial charge in [-0.05, 0) is 55.4 Å². The fourth-order valence-electron chi connectivity index (χ4n) is 3.88. The van der Waals surface area contributed by atoms with Crippen LogP contribution in [0.1, 0.15) is 64.4 Å². The minimum absolute atomic E-state index is 0.161. The number of sulfonamides is 1. The van der Waals surface area contributed by atoms with Crippen LogP contribution in [0.15, 0.2) is 18.2 Å². The molecule has 0 atom stereocenters. The van der Waals surface area contributed by atoms with Crippen molar-refractivity contribution >= 4 is 27.3 Å². The van der Waals surface area contributed by atoms with Gasteiger partial charge in [0.25, 0.3) is 0 Å². The van der Waals surface area contributed by atoms with E-state index in [2.05, 4.69) is 18.6 Å². The van der Waals surface area contributed by atoms with Crippen molar-refractivity contribution in [2.75, 3.05) is 16.2 Å². The molecule has 1 aromatic rings. The molecule has 0 aromatic heterocycles. The predicted molar refractivity (Wildman–Crippen MR) is 106 cm³/mol. The van der Waals surface area contributed by atoms with Crippen LogP contribution in [-0.4, -0.2) is 26.1 Å². The number of aryl methyl sites for hydroxylation is 1. The first kappa shape index (κ1) is 19.2. The molecule has 1 aromatic carbocycles. The Morgan fingerprint density at radius 1 is 1.15 bits per heavy atom. The standard InChI is InChI=1S/C20H30N2O3S/c1-15(2)12-13-22-19-10-9-17(14-16(19)8-11-20(22)23)21-26(24,25)18-6-4-3-5-7-18/h9-10,14-15,18,21H,3-8,11-13H2,1-2H3. The molecule has 2 aliphatic rings. The summed E-state index contributed by atoms with van der Waals surface area (Å²) in [6.07, 6.45) is 6.72. The number of anilines is 2. The van der Waals surface area contributed by atoms with Crippen molar-refractivity contribution in [3.63, 3.8) is 0 Å². The minimum atomic E-state index is -3.34. The Hall–Kier alpha value is -1.56. The van der Waals surface area contributed by atoms with Crippen LogP contribution >= 0.6 is 0 Å². The molecule has 26 heavy (non-hydrogen) atoms. The van der Waals surface area contributed by atoms with Crippen molar-refractivity contribution < 1.29 is 13.2 Å². The average molecular weight is 379 g/mol. The first-order chi connectivity index (χ1) is 12.4. The van der Waals surface area contributed by atoms with Crippen LogP contribution in [0, 0.1) is 5.92 Å². The number of fused-ring (bicyclic) bond motifs is 1. The van der Waals surface area contributed by atoms with E-state index in [1.165, 1.54) is 0 Å². The lowest BCUT2D eigenvalue weighted by molar-refractivity contribution is -0.118. The van der Waals surface area contributed by atoms with E-state index in [1.807, 2.05) is 17.0 Å². The lowest BCUT2D eigenvalue weighted by Crippen LogP contribution is -2.36. The van der Waals surface area contributed by atoms with Gasteiger partial charge in [0.2, 0.25) is 15.9 Å². The molecule has 0 radical (unpaired) electrons. The SMILES string of the molecule is CC(C)CCN1C(=O)CCc2cc(NS(=O)(=O)C3CCCCC3)ccc21. The molecule has 1 heterocycles. The maximum atomic E-state index is 12.6. The molecule has 1 N–H and O–H groups in total. The number of carbonyl (C=O) groups excluding carboxylic acids is 1. The van der Waals surface area contributed by atoms with E-state index in [1.54, 1.807) is 6.07 Å². The molecule has 0 unspecified atom stereocenters. The van der Waals surface area contributed by atoms with Crippen molar-refractivity contribution in [3.8, 4) is 0 Å².